The van der Waals surface area contributed by atoms with Crippen LogP contribution < -0.4 is 5.32 Å². The number of aliphatic carboxylic acids is 1. The average Bonchev–Trinajstić information content (AvgIpc) is 3.39. The van der Waals surface area contributed by atoms with Crippen molar-refractivity contribution in [1.29, 1.82) is 0 Å². The zero-order valence-corrected chi connectivity index (χ0v) is 23.3. The second kappa shape index (κ2) is 13.1. The molecule has 6 heteroatoms. The molecule has 0 spiro atoms. The molecule has 1 fully saturated rings. The zero-order chi connectivity index (χ0) is 27.1. The van der Waals surface area contributed by atoms with Gasteiger partial charge < -0.3 is 10.4 Å². The first-order chi connectivity index (χ1) is 18.4. The monoisotopic (exact) mass is 530 g/mol. The highest BCUT2D eigenvalue weighted by Gasteiger charge is 2.30. The van der Waals surface area contributed by atoms with Crippen molar-refractivity contribution in [1.82, 2.24) is 10.2 Å². The Hall–Kier alpha value is -3.09. The van der Waals surface area contributed by atoms with Crippen molar-refractivity contribution in [2.75, 3.05) is 18.6 Å². The van der Waals surface area contributed by atoms with Gasteiger partial charge in [-0.05, 0) is 90.6 Å². The van der Waals surface area contributed by atoms with E-state index in [1.807, 2.05) is 49.6 Å². The van der Waals surface area contributed by atoms with Crippen LogP contribution >= 0.6 is 11.8 Å². The highest BCUT2D eigenvalue weighted by atomic mass is 32.2. The number of amides is 1. The molecule has 1 aliphatic heterocycles. The Bertz CT molecular complexity index is 1250. The van der Waals surface area contributed by atoms with Gasteiger partial charge in [-0.2, -0.15) is 11.8 Å². The lowest BCUT2D eigenvalue weighted by molar-refractivity contribution is -0.139. The van der Waals surface area contributed by atoms with E-state index < -0.39 is 12.0 Å². The number of likely N-dealkylation sites (tertiary alicyclic amines) is 1. The third-order valence-electron chi connectivity index (χ3n) is 7.68. The van der Waals surface area contributed by atoms with Crippen LogP contribution in [0.25, 0.3) is 11.1 Å². The molecule has 2 N–H and O–H groups in total. The second-order valence-corrected chi connectivity index (χ2v) is 11.2. The first-order valence-electron chi connectivity index (χ1n) is 13.4. The van der Waals surface area contributed by atoms with Crippen LogP contribution in [-0.4, -0.2) is 52.5 Å². The van der Waals surface area contributed by atoms with Gasteiger partial charge in [0.25, 0.3) is 5.91 Å². The Balaban J connectivity index is 1.62. The predicted octanol–water partition coefficient (Wildman–Crippen LogP) is 6.37. The van der Waals surface area contributed by atoms with Crippen LogP contribution in [0.4, 0.5) is 0 Å². The molecule has 3 aromatic rings. The maximum atomic E-state index is 13.4. The number of rotatable bonds is 11. The quantitative estimate of drug-likeness (QED) is 0.302. The van der Waals surface area contributed by atoms with Crippen LogP contribution in [0.15, 0.2) is 72.8 Å². The van der Waals surface area contributed by atoms with Crippen LogP contribution in [-0.2, 0) is 11.3 Å². The highest BCUT2D eigenvalue weighted by molar-refractivity contribution is 7.98. The molecule has 3 atom stereocenters. The van der Waals surface area contributed by atoms with E-state index in [0.717, 1.165) is 35.3 Å². The Labute approximate surface area is 230 Å². The van der Waals surface area contributed by atoms with E-state index in [4.69, 9.17) is 0 Å². The molecule has 0 saturated carbocycles. The number of carboxylic acids is 1. The number of aryl methyl sites for hydroxylation is 1. The van der Waals surface area contributed by atoms with Gasteiger partial charge in [0.1, 0.15) is 6.04 Å². The minimum Gasteiger partial charge on any atom is -0.480 e. The Morgan fingerprint density at radius 1 is 1.05 bits per heavy atom. The number of benzene rings is 3. The summed E-state index contributed by atoms with van der Waals surface area (Å²) in [5, 5.41) is 12.4. The first kappa shape index (κ1) is 27.9. The summed E-state index contributed by atoms with van der Waals surface area (Å²) in [6, 6.07) is 24.3. The van der Waals surface area contributed by atoms with Crippen molar-refractivity contribution < 1.29 is 14.7 Å². The number of carboxylic acid groups (broad SMARTS) is 1. The molecular formula is C32H38N2O3S. The molecular weight excluding hydrogens is 492 g/mol. The van der Waals surface area contributed by atoms with Gasteiger partial charge in [0.05, 0.1) is 0 Å². The van der Waals surface area contributed by atoms with Gasteiger partial charge in [-0.25, -0.2) is 4.79 Å². The third kappa shape index (κ3) is 6.66. The molecule has 4 rings (SSSR count). The van der Waals surface area contributed by atoms with Crippen molar-refractivity contribution in [2.24, 2.45) is 0 Å². The van der Waals surface area contributed by atoms with E-state index in [0.29, 0.717) is 29.7 Å². The Kier molecular flexibility index (Phi) is 9.64. The van der Waals surface area contributed by atoms with Gasteiger partial charge in [-0.15, -0.1) is 0 Å². The number of carbonyl (C=O) groups is 2. The van der Waals surface area contributed by atoms with Crippen molar-refractivity contribution in [3.8, 4) is 11.1 Å². The largest absolute Gasteiger partial charge is 0.480 e. The third-order valence-corrected chi connectivity index (χ3v) is 8.32. The van der Waals surface area contributed by atoms with Crippen molar-refractivity contribution in [2.45, 2.75) is 57.7 Å². The summed E-state index contributed by atoms with van der Waals surface area (Å²) in [7, 11) is 0. The first-order valence-corrected chi connectivity index (χ1v) is 14.8. The normalized spacial score (nSPS) is 17.2. The number of nitrogens with zero attached hydrogens (tertiary/aromatic N) is 1. The van der Waals surface area contributed by atoms with E-state index in [9.17, 15) is 14.7 Å². The van der Waals surface area contributed by atoms with E-state index >= 15 is 0 Å². The molecule has 0 aromatic heterocycles. The number of nitrogens with one attached hydrogen (secondary N) is 1. The minimum absolute atomic E-state index is 0.347. The molecule has 0 radical (unpaired) electrons. The van der Waals surface area contributed by atoms with Gasteiger partial charge in [-0.1, -0.05) is 67.6 Å². The molecule has 5 nitrogen and oxygen atoms in total. The summed E-state index contributed by atoms with van der Waals surface area (Å²) in [4.78, 5) is 27.7. The fraction of sp³-hybridized carbons (Fsp3) is 0.375. The summed E-state index contributed by atoms with van der Waals surface area (Å²) in [5.41, 5.74) is 5.95. The number of hydrogen-bond acceptors (Lipinski definition) is 4. The Morgan fingerprint density at radius 2 is 1.79 bits per heavy atom. The fourth-order valence-corrected chi connectivity index (χ4v) is 6.01. The summed E-state index contributed by atoms with van der Waals surface area (Å²) in [5.74, 6) is -0.248. The molecule has 3 aromatic carbocycles. The van der Waals surface area contributed by atoms with E-state index in [1.165, 1.54) is 18.4 Å². The second-order valence-electron chi connectivity index (χ2n) is 10.2. The van der Waals surface area contributed by atoms with E-state index in [1.54, 1.807) is 11.8 Å². The summed E-state index contributed by atoms with van der Waals surface area (Å²) in [6.45, 7) is 6.23. The summed E-state index contributed by atoms with van der Waals surface area (Å²) in [6.07, 6.45) is 4.67. The molecule has 0 bridgehead atoms. The molecule has 1 heterocycles. The maximum absolute atomic E-state index is 13.4. The van der Waals surface area contributed by atoms with Crippen LogP contribution in [0.2, 0.25) is 0 Å². The topological polar surface area (TPSA) is 69.6 Å². The number of thioether (sulfide) groups is 1. The van der Waals surface area contributed by atoms with Crippen LogP contribution in [0, 0.1) is 6.92 Å². The van der Waals surface area contributed by atoms with Gasteiger partial charge in [0, 0.05) is 18.2 Å². The van der Waals surface area contributed by atoms with Crippen LogP contribution in [0.3, 0.4) is 0 Å². The fourth-order valence-electron chi connectivity index (χ4n) is 5.54. The van der Waals surface area contributed by atoms with Gasteiger partial charge in [0.15, 0.2) is 0 Å². The summed E-state index contributed by atoms with van der Waals surface area (Å²) < 4.78 is 0. The Morgan fingerprint density at radius 3 is 2.50 bits per heavy atom. The van der Waals surface area contributed by atoms with Crippen LogP contribution in [0.5, 0.6) is 0 Å². The standard InChI is InChI=1S/C32H38N2O3S/c1-22-10-7-8-13-26(22)28-20-24(15-16-27(28)31(35)33-29(32(36)37)17-19-38-3)21-34-18-9-14-30(34)23(2)25-11-5-4-6-12-25/h4-8,10-13,15-16,20,23,29-30H,9,14,17-19,21H2,1-3H3,(H,33,35)(H,36,37). The molecule has 1 amide bonds. The van der Waals surface area contributed by atoms with E-state index in [-0.39, 0.29) is 5.91 Å². The van der Waals surface area contributed by atoms with Crippen LogP contribution in [0.1, 0.15) is 59.2 Å². The molecule has 0 aliphatic carbocycles. The minimum atomic E-state index is -1.01. The average molecular weight is 531 g/mol. The van der Waals surface area contributed by atoms with Gasteiger partial charge >= 0.3 is 5.97 Å². The van der Waals surface area contributed by atoms with Crippen molar-refractivity contribution in [3.05, 3.63) is 95.1 Å². The summed E-state index contributed by atoms with van der Waals surface area (Å²) >= 11 is 1.57. The molecule has 1 aliphatic rings. The lowest BCUT2D eigenvalue weighted by atomic mass is 9.91. The lowest BCUT2D eigenvalue weighted by Gasteiger charge is -2.30. The molecule has 3 unspecified atom stereocenters. The van der Waals surface area contributed by atoms with Gasteiger partial charge in [0.2, 0.25) is 0 Å². The SMILES string of the molecule is CSCCC(NC(=O)c1ccc(CN2CCCC2C(C)c2ccccc2)cc1-c1ccccc1C)C(=O)O. The van der Waals surface area contributed by atoms with Gasteiger partial charge in [-0.3, -0.25) is 9.69 Å². The van der Waals surface area contributed by atoms with Crippen molar-refractivity contribution >= 4 is 23.6 Å². The lowest BCUT2D eigenvalue weighted by Crippen LogP contribution is -2.41. The molecule has 200 valence electrons. The van der Waals surface area contributed by atoms with Crippen molar-refractivity contribution in [3.63, 3.8) is 0 Å². The highest BCUT2D eigenvalue weighted by Crippen LogP contribution is 2.34. The smallest absolute Gasteiger partial charge is 0.326 e. The number of carbonyl (C=O) groups excluding carboxylic acids is 1. The molecule has 1 saturated heterocycles. The van der Waals surface area contributed by atoms with E-state index in [2.05, 4.69) is 53.5 Å². The predicted molar refractivity (Wildman–Crippen MR) is 157 cm³/mol. The maximum Gasteiger partial charge on any atom is 0.326 e. The zero-order valence-electron chi connectivity index (χ0n) is 22.5. The molecule has 38 heavy (non-hydrogen) atoms. The number of hydrogen-bond donors (Lipinski definition) is 2.